The Balaban J connectivity index is 2.16. The first kappa shape index (κ1) is 18.0. The molecule has 1 aliphatic rings. The molecule has 1 unspecified atom stereocenters. The minimum absolute atomic E-state index is 0.110. The van der Waals surface area contributed by atoms with E-state index in [1.807, 2.05) is 64.1 Å². The van der Waals surface area contributed by atoms with Crippen molar-refractivity contribution in [3.63, 3.8) is 0 Å². The van der Waals surface area contributed by atoms with E-state index >= 15 is 0 Å². The van der Waals surface area contributed by atoms with E-state index in [9.17, 15) is 8.42 Å². The van der Waals surface area contributed by atoms with Crippen LogP contribution in [-0.4, -0.2) is 25.5 Å². The molecule has 4 nitrogen and oxygen atoms in total. The van der Waals surface area contributed by atoms with Crippen LogP contribution in [0.15, 0.2) is 63.3 Å². The molecule has 132 valence electrons. The standard InChI is InChI=1S/C19H22N2O2S2/c1-13(2)20-19-15(4)21(17-7-5-6-8-18(17)24-19)25(22,23)16-11-9-14(3)10-12-16/h5-13,15H,1-4H3. The topological polar surface area (TPSA) is 49.7 Å². The Morgan fingerprint density at radius 3 is 2.36 bits per heavy atom. The highest BCUT2D eigenvalue weighted by Crippen LogP contribution is 2.41. The molecular weight excluding hydrogens is 352 g/mol. The summed E-state index contributed by atoms with van der Waals surface area (Å²) in [7, 11) is -3.67. The first-order valence-electron chi connectivity index (χ1n) is 8.26. The van der Waals surface area contributed by atoms with Gasteiger partial charge in [0.2, 0.25) is 0 Å². The van der Waals surface area contributed by atoms with Crippen LogP contribution in [0.2, 0.25) is 0 Å². The predicted octanol–water partition coefficient (Wildman–Crippen LogP) is 4.49. The Hall–Kier alpha value is -1.79. The minimum Gasteiger partial charge on any atom is -0.278 e. The molecule has 3 rings (SSSR count). The van der Waals surface area contributed by atoms with Gasteiger partial charge in [0.1, 0.15) is 0 Å². The summed E-state index contributed by atoms with van der Waals surface area (Å²) < 4.78 is 28.2. The number of aryl methyl sites for hydroxylation is 1. The molecule has 0 radical (unpaired) electrons. The van der Waals surface area contributed by atoms with Crippen molar-refractivity contribution >= 4 is 32.5 Å². The van der Waals surface area contributed by atoms with Crippen LogP contribution >= 0.6 is 11.8 Å². The van der Waals surface area contributed by atoms with E-state index < -0.39 is 10.0 Å². The Morgan fingerprint density at radius 2 is 1.72 bits per heavy atom. The van der Waals surface area contributed by atoms with Gasteiger partial charge in [0.25, 0.3) is 10.0 Å². The third-order valence-electron chi connectivity index (χ3n) is 3.99. The monoisotopic (exact) mass is 374 g/mol. The lowest BCUT2D eigenvalue weighted by molar-refractivity contribution is 0.588. The summed E-state index contributed by atoms with van der Waals surface area (Å²) in [5, 5.41) is 0.824. The third-order valence-corrected chi connectivity index (χ3v) is 7.11. The summed E-state index contributed by atoms with van der Waals surface area (Å²) >= 11 is 1.55. The SMILES string of the molecule is Cc1ccc(S(=O)(=O)N2c3ccccc3SC(=NC(C)C)C2C)cc1. The fraction of sp³-hybridized carbons (Fsp3) is 0.316. The van der Waals surface area contributed by atoms with E-state index in [4.69, 9.17) is 0 Å². The predicted molar refractivity (Wildman–Crippen MR) is 105 cm³/mol. The van der Waals surface area contributed by atoms with E-state index in [0.29, 0.717) is 10.6 Å². The van der Waals surface area contributed by atoms with Crippen LogP contribution in [0.5, 0.6) is 0 Å². The zero-order valence-electron chi connectivity index (χ0n) is 14.8. The van der Waals surface area contributed by atoms with Gasteiger partial charge in [-0.3, -0.25) is 9.30 Å². The zero-order chi connectivity index (χ0) is 18.2. The molecule has 0 fully saturated rings. The average Bonchev–Trinajstić information content (AvgIpc) is 2.55. The van der Waals surface area contributed by atoms with Gasteiger partial charge in [-0.2, -0.15) is 0 Å². The maximum Gasteiger partial charge on any atom is 0.264 e. The number of aliphatic imine (C=N–C) groups is 1. The van der Waals surface area contributed by atoms with Crippen LogP contribution < -0.4 is 4.31 Å². The summed E-state index contributed by atoms with van der Waals surface area (Å²) in [5.74, 6) is 0. The van der Waals surface area contributed by atoms with E-state index in [1.165, 1.54) is 4.31 Å². The van der Waals surface area contributed by atoms with Crippen molar-refractivity contribution in [2.24, 2.45) is 4.99 Å². The van der Waals surface area contributed by atoms with Crippen molar-refractivity contribution in [3.05, 3.63) is 54.1 Å². The quantitative estimate of drug-likeness (QED) is 0.795. The molecule has 25 heavy (non-hydrogen) atoms. The van der Waals surface area contributed by atoms with Crippen LogP contribution in [0.3, 0.4) is 0 Å². The highest BCUT2D eigenvalue weighted by molar-refractivity contribution is 8.14. The molecule has 0 aliphatic carbocycles. The Kier molecular flexibility index (Phi) is 4.93. The summed E-state index contributed by atoms with van der Waals surface area (Å²) in [4.78, 5) is 5.88. The molecule has 0 amide bonds. The van der Waals surface area contributed by atoms with E-state index in [2.05, 4.69) is 4.99 Å². The zero-order valence-corrected chi connectivity index (χ0v) is 16.4. The Bertz CT molecular complexity index is 903. The van der Waals surface area contributed by atoms with Crippen LogP contribution in [0, 0.1) is 6.92 Å². The van der Waals surface area contributed by atoms with E-state index in [-0.39, 0.29) is 12.1 Å². The molecule has 6 heteroatoms. The number of sulfonamides is 1. The highest BCUT2D eigenvalue weighted by atomic mass is 32.2. The van der Waals surface area contributed by atoms with Crippen LogP contribution in [0.25, 0.3) is 0 Å². The smallest absolute Gasteiger partial charge is 0.264 e. The van der Waals surface area contributed by atoms with Crippen molar-refractivity contribution in [2.75, 3.05) is 4.31 Å². The first-order valence-corrected chi connectivity index (χ1v) is 10.5. The number of hydrogen-bond donors (Lipinski definition) is 0. The fourth-order valence-corrected chi connectivity index (χ4v) is 5.73. The number of para-hydroxylation sites is 1. The normalized spacial score (nSPS) is 19.3. The molecule has 1 heterocycles. The first-order chi connectivity index (χ1) is 11.8. The molecule has 1 atom stereocenters. The lowest BCUT2D eigenvalue weighted by atomic mass is 10.2. The Morgan fingerprint density at radius 1 is 1.08 bits per heavy atom. The number of nitrogens with zero attached hydrogens (tertiary/aromatic N) is 2. The van der Waals surface area contributed by atoms with Gasteiger partial charge in [0.15, 0.2) is 0 Å². The number of hydrogen-bond acceptors (Lipinski definition) is 4. The number of anilines is 1. The maximum absolute atomic E-state index is 13.4. The van der Waals surface area contributed by atoms with Gasteiger partial charge in [0.05, 0.1) is 21.7 Å². The molecule has 0 spiro atoms. The summed E-state index contributed by atoms with van der Waals surface area (Å²) in [6.07, 6.45) is 0. The van der Waals surface area contributed by atoms with Gasteiger partial charge in [-0.15, -0.1) is 0 Å². The molecule has 1 aliphatic heterocycles. The van der Waals surface area contributed by atoms with Crippen molar-refractivity contribution in [2.45, 2.75) is 49.6 Å². The van der Waals surface area contributed by atoms with Gasteiger partial charge in [0, 0.05) is 10.9 Å². The molecule has 2 aromatic carbocycles. The minimum atomic E-state index is -3.67. The van der Waals surface area contributed by atoms with Gasteiger partial charge >= 0.3 is 0 Å². The van der Waals surface area contributed by atoms with Crippen molar-refractivity contribution < 1.29 is 8.42 Å². The number of fused-ring (bicyclic) bond motifs is 1. The second kappa shape index (κ2) is 6.84. The van der Waals surface area contributed by atoms with Crippen molar-refractivity contribution in [1.29, 1.82) is 0 Å². The molecule has 0 saturated heterocycles. The third kappa shape index (κ3) is 3.46. The molecule has 2 aromatic rings. The van der Waals surface area contributed by atoms with Crippen LogP contribution in [0.4, 0.5) is 5.69 Å². The summed E-state index contributed by atoms with van der Waals surface area (Å²) in [6, 6.07) is 14.3. The van der Waals surface area contributed by atoms with Gasteiger partial charge in [-0.05, 0) is 52.0 Å². The molecular formula is C19H22N2O2S2. The summed E-state index contributed by atoms with van der Waals surface area (Å²) in [6.45, 7) is 7.84. The number of benzene rings is 2. The van der Waals surface area contributed by atoms with Crippen LogP contribution in [0.1, 0.15) is 26.3 Å². The highest BCUT2D eigenvalue weighted by Gasteiger charge is 2.37. The Labute approximate surface area is 154 Å². The number of rotatable bonds is 3. The lowest BCUT2D eigenvalue weighted by Crippen LogP contribution is -2.45. The molecule has 0 saturated carbocycles. The fourth-order valence-electron chi connectivity index (χ4n) is 2.78. The lowest BCUT2D eigenvalue weighted by Gasteiger charge is -2.36. The van der Waals surface area contributed by atoms with E-state index in [1.54, 1.807) is 23.9 Å². The number of thioether (sulfide) groups is 1. The molecule has 0 N–H and O–H groups in total. The maximum atomic E-state index is 13.4. The van der Waals surface area contributed by atoms with Gasteiger partial charge in [-0.1, -0.05) is 41.6 Å². The van der Waals surface area contributed by atoms with Crippen molar-refractivity contribution in [1.82, 2.24) is 0 Å². The second-order valence-electron chi connectivity index (χ2n) is 6.42. The van der Waals surface area contributed by atoms with Crippen LogP contribution in [-0.2, 0) is 10.0 Å². The van der Waals surface area contributed by atoms with Crippen molar-refractivity contribution in [3.8, 4) is 0 Å². The molecule has 0 aromatic heterocycles. The van der Waals surface area contributed by atoms with E-state index in [0.717, 1.165) is 15.5 Å². The average molecular weight is 375 g/mol. The largest absolute Gasteiger partial charge is 0.278 e. The van der Waals surface area contributed by atoms with Gasteiger partial charge in [-0.25, -0.2) is 8.42 Å². The molecule has 0 bridgehead atoms. The second-order valence-corrected chi connectivity index (χ2v) is 9.30. The van der Waals surface area contributed by atoms with Gasteiger partial charge < -0.3 is 0 Å². The summed E-state index contributed by atoms with van der Waals surface area (Å²) in [5.41, 5.74) is 1.74.